The highest BCUT2D eigenvalue weighted by molar-refractivity contribution is 5.95. The first kappa shape index (κ1) is 17.1. The number of likely N-dealkylation sites (N-methyl/N-ethyl adjacent to an activating group) is 1. The molecule has 0 aliphatic carbocycles. The van der Waals surface area contributed by atoms with Gasteiger partial charge in [-0.15, -0.1) is 0 Å². The normalized spacial score (nSPS) is 14.3. The van der Waals surface area contributed by atoms with Crippen molar-refractivity contribution >= 4 is 23.3 Å². The monoisotopic (exact) mass is 322 g/mol. The standard InChI is InChI=1S/C16H23FN4O2/c1-20(2)15(22)11-18-16(23)19-13-10-12(17)6-7-14(13)21-8-4-3-5-9-21/h6-7,10H,3-5,8-9,11H2,1-2H3,(H2,18,19,23). The van der Waals surface area contributed by atoms with E-state index in [4.69, 9.17) is 0 Å². The van der Waals surface area contributed by atoms with Crippen molar-refractivity contribution in [2.45, 2.75) is 19.3 Å². The largest absolute Gasteiger partial charge is 0.370 e. The Hall–Kier alpha value is -2.31. The molecule has 1 aliphatic rings. The maximum atomic E-state index is 13.5. The van der Waals surface area contributed by atoms with Crippen LogP contribution in [0.1, 0.15) is 19.3 Å². The molecule has 0 aromatic heterocycles. The molecular weight excluding hydrogens is 299 g/mol. The SMILES string of the molecule is CN(C)C(=O)CNC(=O)Nc1cc(F)ccc1N1CCCCC1. The van der Waals surface area contributed by atoms with Crippen molar-refractivity contribution in [2.24, 2.45) is 0 Å². The lowest BCUT2D eigenvalue weighted by Crippen LogP contribution is -2.38. The van der Waals surface area contributed by atoms with Gasteiger partial charge in [0, 0.05) is 27.2 Å². The van der Waals surface area contributed by atoms with Gasteiger partial charge in [0.2, 0.25) is 5.91 Å². The van der Waals surface area contributed by atoms with Gasteiger partial charge in [0.25, 0.3) is 0 Å². The molecule has 1 aliphatic heterocycles. The number of rotatable bonds is 4. The zero-order chi connectivity index (χ0) is 16.8. The van der Waals surface area contributed by atoms with E-state index in [0.717, 1.165) is 31.6 Å². The Labute approximate surface area is 135 Å². The number of hydrogen-bond acceptors (Lipinski definition) is 3. The van der Waals surface area contributed by atoms with E-state index in [1.807, 2.05) is 0 Å². The van der Waals surface area contributed by atoms with Crippen LogP contribution in [0, 0.1) is 5.82 Å². The highest BCUT2D eigenvalue weighted by Gasteiger charge is 2.17. The highest BCUT2D eigenvalue weighted by Crippen LogP contribution is 2.29. The summed E-state index contributed by atoms with van der Waals surface area (Å²) in [6.07, 6.45) is 3.36. The van der Waals surface area contributed by atoms with Crippen LogP contribution >= 0.6 is 0 Å². The molecule has 0 spiro atoms. The zero-order valence-electron chi connectivity index (χ0n) is 13.6. The second-order valence-corrected chi connectivity index (χ2v) is 5.81. The summed E-state index contributed by atoms with van der Waals surface area (Å²) in [5.41, 5.74) is 1.22. The molecule has 0 saturated carbocycles. The molecule has 6 nitrogen and oxygen atoms in total. The van der Waals surface area contributed by atoms with E-state index in [9.17, 15) is 14.0 Å². The molecule has 1 aromatic rings. The average Bonchev–Trinajstić information content (AvgIpc) is 2.53. The first-order valence-electron chi connectivity index (χ1n) is 7.77. The van der Waals surface area contributed by atoms with Crippen LogP contribution in [-0.4, -0.2) is 50.6 Å². The number of amides is 3. The number of piperidine rings is 1. The highest BCUT2D eigenvalue weighted by atomic mass is 19.1. The van der Waals surface area contributed by atoms with E-state index >= 15 is 0 Å². The number of hydrogen-bond donors (Lipinski definition) is 2. The number of carbonyl (C=O) groups excluding carboxylic acids is 2. The van der Waals surface area contributed by atoms with E-state index < -0.39 is 11.8 Å². The maximum Gasteiger partial charge on any atom is 0.319 e. The van der Waals surface area contributed by atoms with Crippen molar-refractivity contribution in [3.8, 4) is 0 Å². The smallest absolute Gasteiger partial charge is 0.319 e. The minimum atomic E-state index is -0.524. The fourth-order valence-electron chi connectivity index (χ4n) is 2.50. The van der Waals surface area contributed by atoms with Gasteiger partial charge in [0.15, 0.2) is 0 Å². The second kappa shape index (κ2) is 7.80. The van der Waals surface area contributed by atoms with Crippen LogP contribution in [0.3, 0.4) is 0 Å². The van der Waals surface area contributed by atoms with Crippen molar-refractivity contribution in [1.82, 2.24) is 10.2 Å². The van der Waals surface area contributed by atoms with Crippen LogP contribution in [-0.2, 0) is 4.79 Å². The topological polar surface area (TPSA) is 64.7 Å². The molecule has 126 valence electrons. The summed E-state index contributed by atoms with van der Waals surface area (Å²) in [6.45, 7) is 1.68. The van der Waals surface area contributed by atoms with E-state index in [-0.39, 0.29) is 12.5 Å². The Kier molecular flexibility index (Phi) is 5.78. The van der Waals surface area contributed by atoms with E-state index in [1.54, 1.807) is 20.2 Å². The predicted octanol–water partition coefficient (Wildman–Crippen LogP) is 2.03. The summed E-state index contributed by atoms with van der Waals surface area (Å²) in [4.78, 5) is 27.0. The van der Waals surface area contributed by atoms with Crippen LogP contribution in [0.15, 0.2) is 18.2 Å². The number of anilines is 2. The molecule has 23 heavy (non-hydrogen) atoms. The van der Waals surface area contributed by atoms with E-state index in [1.165, 1.54) is 23.5 Å². The van der Waals surface area contributed by atoms with Gasteiger partial charge in [-0.1, -0.05) is 0 Å². The molecule has 2 rings (SSSR count). The first-order valence-corrected chi connectivity index (χ1v) is 7.77. The summed E-state index contributed by atoms with van der Waals surface area (Å²) < 4.78 is 13.5. The van der Waals surface area contributed by atoms with Crippen molar-refractivity contribution < 1.29 is 14.0 Å². The van der Waals surface area contributed by atoms with Gasteiger partial charge in [-0.25, -0.2) is 9.18 Å². The molecule has 0 bridgehead atoms. The Bertz CT molecular complexity index is 571. The molecule has 1 saturated heterocycles. The third-order valence-electron chi connectivity index (χ3n) is 3.80. The molecule has 1 heterocycles. The van der Waals surface area contributed by atoms with Gasteiger partial charge in [0.1, 0.15) is 5.82 Å². The third-order valence-corrected chi connectivity index (χ3v) is 3.80. The van der Waals surface area contributed by atoms with Gasteiger partial charge >= 0.3 is 6.03 Å². The number of benzene rings is 1. The average molecular weight is 322 g/mol. The Morgan fingerprint density at radius 3 is 2.57 bits per heavy atom. The van der Waals surface area contributed by atoms with Crippen LogP contribution in [0.4, 0.5) is 20.6 Å². The van der Waals surface area contributed by atoms with Gasteiger partial charge in [-0.2, -0.15) is 0 Å². The summed E-state index contributed by atoms with van der Waals surface area (Å²) in [6, 6.07) is 3.85. The van der Waals surface area contributed by atoms with Gasteiger partial charge in [0.05, 0.1) is 17.9 Å². The fourth-order valence-corrected chi connectivity index (χ4v) is 2.50. The number of nitrogens with zero attached hydrogens (tertiary/aromatic N) is 2. The molecule has 2 N–H and O–H groups in total. The van der Waals surface area contributed by atoms with Crippen LogP contribution in [0.5, 0.6) is 0 Å². The summed E-state index contributed by atoms with van der Waals surface area (Å²) in [5, 5.41) is 5.12. The summed E-state index contributed by atoms with van der Waals surface area (Å²) >= 11 is 0. The summed E-state index contributed by atoms with van der Waals surface area (Å²) in [7, 11) is 3.23. The molecule has 1 fully saturated rings. The van der Waals surface area contributed by atoms with Crippen LogP contribution < -0.4 is 15.5 Å². The lowest BCUT2D eigenvalue weighted by Gasteiger charge is -2.30. The van der Waals surface area contributed by atoms with Crippen molar-refractivity contribution in [3.63, 3.8) is 0 Å². The lowest BCUT2D eigenvalue weighted by atomic mass is 10.1. The molecular formula is C16H23FN4O2. The minimum Gasteiger partial charge on any atom is -0.370 e. The van der Waals surface area contributed by atoms with Crippen LogP contribution in [0.2, 0.25) is 0 Å². The van der Waals surface area contributed by atoms with Crippen molar-refractivity contribution in [1.29, 1.82) is 0 Å². The van der Waals surface area contributed by atoms with Gasteiger partial charge < -0.3 is 20.4 Å². The van der Waals surface area contributed by atoms with Gasteiger partial charge in [-0.05, 0) is 37.5 Å². The Morgan fingerprint density at radius 1 is 1.22 bits per heavy atom. The minimum absolute atomic E-state index is 0.104. The molecule has 0 unspecified atom stereocenters. The molecule has 0 radical (unpaired) electrons. The number of urea groups is 1. The van der Waals surface area contributed by atoms with E-state index in [2.05, 4.69) is 15.5 Å². The molecule has 7 heteroatoms. The second-order valence-electron chi connectivity index (χ2n) is 5.81. The van der Waals surface area contributed by atoms with Gasteiger partial charge in [-0.3, -0.25) is 4.79 Å². The summed E-state index contributed by atoms with van der Waals surface area (Å²) in [5.74, 6) is -0.624. The number of carbonyl (C=O) groups is 2. The number of nitrogens with one attached hydrogen (secondary N) is 2. The predicted molar refractivity (Wildman–Crippen MR) is 88.2 cm³/mol. The first-order chi connectivity index (χ1) is 11.0. The van der Waals surface area contributed by atoms with Crippen molar-refractivity contribution in [2.75, 3.05) is 43.9 Å². The van der Waals surface area contributed by atoms with Crippen molar-refractivity contribution in [3.05, 3.63) is 24.0 Å². The maximum absolute atomic E-state index is 13.5. The number of halogens is 1. The molecule has 3 amide bonds. The quantitative estimate of drug-likeness (QED) is 0.891. The molecule has 0 atom stereocenters. The molecule has 1 aromatic carbocycles. The Morgan fingerprint density at radius 2 is 1.91 bits per heavy atom. The third kappa shape index (κ3) is 4.84. The van der Waals surface area contributed by atoms with Crippen LogP contribution in [0.25, 0.3) is 0 Å². The fraction of sp³-hybridized carbons (Fsp3) is 0.500. The van der Waals surface area contributed by atoms with E-state index in [0.29, 0.717) is 5.69 Å². The Balaban J connectivity index is 2.04. The lowest BCUT2D eigenvalue weighted by molar-refractivity contribution is -0.127. The zero-order valence-corrected chi connectivity index (χ0v) is 13.6.